The zero-order chi connectivity index (χ0) is 14.7. The summed E-state index contributed by atoms with van der Waals surface area (Å²) < 4.78 is 6.39. The molecule has 0 bridgehead atoms. The lowest BCUT2D eigenvalue weighted by Gasteiger charge is -2.16. The third-order valence-electron chi connectivity index (χ3n) is 3.05. The molecule has 0 aliphatic carbocycles. The number of benzene rings is 2. The zero-order valence-corrected chi connectivity index (χ0v) is 14.4. The van der Waals surface area contributed by atoms with Gasteiger partial charge in [-0.3, -0.25) is 0 Å². The van der Waals surface area contributed by atoms with Gasteiger partial charge in [0.15, 0.2) is 0 Å². The maximum absolute atomic E-state index is 6.59. The van der Waals surface area contributed by atoms with Gasteiger partial charge in [0, 0.05) is 9.50 Å². The highest BCUT2D eigenvalue weighted by molar-refractivity contribution is 9.10. The van der Waals surface area contributed by atoms with Gasteiger partial charge in [-0.25, -0.2) is 0 Å². The predicted molar refractivity (Wildman–Crippen MR) is 89.2 cm³/mol. The summed E-state index contributed by atoms with van der Waals surface area (Å²) in [5, 5.41) is 0.417. The van der Waals surface area contributed by atoms with Crippen LogP contribution in [0.15, 0.2) is 40.9 Å². The van der Waals surface area contributed by atoms with Gasteiger partial charge in [0.1, 0.15) is 5.75 Å². The Morgan fingerprint density at radius 1 is 1.20 bits per heavy atom. The monoisotopic (exact) mass is 372 g/mol. The number of rotatable bonds is 4. The summed E-state index contributed by atoms with van der Waals surface area (Å²) in [5.41, 5.74) is 2.91. The molecule has 4 heteroatoms. The lowest BCUT2D eigenvalue weighted by Crippen LogP contribution is -1.98. The molecule has 2 aromatic carbocycles. The van der Waals surface area contributed by atoms with Crippen LogP contribution < -0.4 is 4.74 Å². The fourth-order valence-corrected chi connectivity index (χ4v) is 3.38. The van der Waals surface area contributed by atoms with Crippen LogP contribution in [0.5, 0.6) is 5.75 Å². The Labute approximate surface area is 138 Å². The molecule has 1 unspecified atom stereocenters. The van der Waals surface area contributed by atoms with Gasteiger partial charge in [0.2, 0.25) is 0 Å². The van der Waals surface area contributed by atoms with Gasteiger partial charge in [-0.1, -0.05) is 51.8 Å². The van der Waals surface area contributed by atoms with Crippen LogP contribution in [-0.4, -0.2) is 6.61 Å². The lowest BCUT2D eigenvalue weighted by atomic mass is 10.0. The van der Waals surface area contributed by atoms with Gasteiger partial charge in [-0.15, -0.1) is 11.6 Å². The Balaban J connectivity index is 2.38. The van der Waals surface area contributed by atoms with Crippen LogP contribution in [-0.2, 0) is 0 Å². The van der Waals surface area contributed by atoms with Crippen molar-refractivity contribution in [2.75, 3.05) is 6.61 Å². The second-order valence-electron chi connectivity index (χ2n) is 4.46. The quantitative estimate of drug-likeness (QED) is 0.585. The Kier molecular flexibility index (Phi) is 5.36. The van der Waals surface area contributed by atoms with Crippen molar-refractivity contribution in [3.05, 3.63) is 62.6 Å². The second-order valence-corrected chi connectivity index (χ2v) is 6.13. The molecule has 0 aromatic heterocycles. The van der Waals surface area contributed by atoms with Crippen molar-refractivity contribution < 1.29 is 4.74 Å². The largest absolute Gasteiger partial charge is 0.494 e. The average Bonchev–Trinajstić information content (AvgIpc) is 2.42. The summed E-state index contributed by atoms with van der Waals surface area (Å²) in [5.74, 6) is 0.822. The molecule has 0 N–H and O–H groups in total. The smallest absolute Gasteiger partial charge is 0.120 e. The van der Waals surface area contributed by atoms with Crippen molar-refractivity contribution in [3.8, 4) is 5.75 Å². The minimum atomic E-state index is -0.299. The van der Waals surface area contributed by atoms with Crippen molar-refractivity contribution in [1.29, 1.82) is 0 Å². The van der Waals surface area contributed by atoms with E-state index in [-0.39, 0.29) is 5.38 Å². The second kappa shape index (κ2) is 6.84. The first-order valence-corrected chi connectivity index (χ1v) is 7.96. The summed E-state index contributed by atoms with van der Waals surface area (Å²) in [7, 11) is 0. The standard InChI is InChI=1S/C16H15BrCl2O/c1-3-20-11-7-8-12(14(17)9-11)16(19)13-6-4-5-10(2)15(13)18/h4-9,16H,3H2,1-2H3. The van der Waals surface area contributed by atoms with E-state index in [9.17, 15) is 0 Å². The molecule has 0 aliphatic rings. The molecule has 0 heterocycles. The number of aryl methyl sites for hydroxylation is 1. The van der Waals surface area contributed by atoms with Gasteiger partial charge in [-0.2, -0.15) is 0 Å². The van der Waals surface area contributed by atoms with Crippen LogP contribution in [0.1, 0.15) is 29.0 Å². The van der Waals surface area contributed by atoms with Gasteiger partial charge >= 0.3 is 0 Å². The summed E-state index contributed by atoms with van der Waals surface area (Å²) in [4.78, 5) is 0. The van der Waals surface area contributed by atoms with Gasteiger partial charge < -0.3 is 4.74 Å². The van der Waals surface area contributed by atoms with E-state index in [0.717, 1.165) is 26.9 Å². The van der Waals surface area contributed by atoms with Crippen molar-refractivity contribution in [2.45, 2.75) is 19.2 Å². The molecule has 20 heavy (non-hydrogen) atoms. The van der Waals surface area contributed by atoms with Crippen molar-refractivity contribution in [3.63, 3.8) is 0 Å². The summed E-state index contributed by atoms with van der Waals surface area (Å²) in [6, 6.07) is 11.7. The molecule has 2 rings (SSSR count). The molecule has 0 amide bonds. The maximum atomic E-state index is 6.59. The van der Waals surface area contributed by atoms with E-state index < -0.39 is 0 Å². The van der Waals surface area contributed by atoms with Crippen LogP contribution in [0.3, 0.4) is 0 Å². The van der Waals surface area contributed by atoms with Crippen LogP contribution >= 0.6 is 39.1 Å². The van der Waals surface area contributed by atoms with Crippen LogP contribution in [0.2, 0.25) is 5.02 Å². The lowest BCUT2D eigenvalue weighted by molar-refractivity contribution is 0.340. The Morgan fingerprint density at radius 3 is 2.60 bits per heavy atom. The van der Waals surface area contributed by atoms with Crippen LogP contribution in [0.25, 0.3) is 0 Å². The highest BCUT2D eigenvalue weighted by atomic mass is 79.9. The molecule has 0 aliphatic heterocycles. The first-order valence-electron chi connectivity index (χ1n) is 6.36. The topological polar surface area (TPSA) is 9.23 Å². The molecular weight excluding hydrogens is 359 g/mol. The van der Waals surface area contributed by atoms with Crippen molar-refractivity contribution >= 4 is 39.1 Å². The third-order valence-corrected chi connectivity index (χ3v) is 4.72. The Hall–Kier alpha value is -0.700. The number of ether oxygens (including phenoxy) is 1. The number of halogens is 3. The number of hydrogen-bond donors (Lipinski definition) is 0. The third kappa shape index (κ3) is 3.30. The van der Waals surface area contributed by atoms with E-state index in [4.69, 9.17) is 27.9 Å². The first kappa shape index (κ1) is 15.7. The zero-order valence-electron chi connectivity index (χ0n) is 11.3. The molecule has 0 fully saturated rings. The maximum Gasteiger partial charge on any atom is 0.120 e. The molecular formula is C16H15BrCl2O. The minimum absolute atomic E-state index is 0.299. The summed E-state index contributed by atoms with van der Waals surface area (Å²) in [6.07, 6.45) is 0. The average molecular weight is 374 g/mol. The van der Waals surface area contributed by atoms with Gasteiger partial charge in [0.25, 0.3) is 0 Å². The number of hydrogen-bond acceptors (Lipinski definition) is 1. The molecule has 0 saturated heterocycles. The molecule has 106 valence electrons. The van der Waals surface area contributed by atoms with Crippen LogP contribution in [0, 0.1) is 6.92 Å². The van der Waals surface area contributed by atoms with E-state index >= 15 is 0 Å². The molecule has 0 spiro atoms. The fourth-order valence-electron chi connectivity index (χ4n) is 2.00. The van der Waals surface area contributed by atoms with Gasteiger partial charge in [-0.05, 0) is 42.7 Å². The first-order chi connectivity index (χ1) is 9.54. The number of alkyl halides is 1. The summed E-state index contributed by atoms with van der Waals surface area (Å²) >= 11 is 16.5. The highest BCUT2D eigenvalue weighted by Crippen LogP contribution is 2.39. The molecule has 0 radical (unpaired) electrons. The highest BCUT2D eigenvalue weighted by Gasteiger charge is 2.18. The van der Waals surface area contributed by atoms with E-state index in [1.807, 2.05) is 50.2 Å². The Morgan fingerprint density at radius 2 is 1.95 bits per heavy atom. The normalized spacial score (nSPS) is 12.2. The van der Waals surface area contributed by atoms with Crippen molar-refractivity contribution in [2.24, 2.45) is 0 Å². The predicted octanol–water partition coefficient (Wildman–Crippen LogP) is 6.14. The molecule has 1 nitrogen and oxygen atoms in total. The van der Waals surface area contributed by atoms with E-state index in [0.29, 0.717) is 11.6 Å². The van der Waals surface area contributed by atoms with Crippen molar-refractivity contribution in [1.82, 2.24) is 0 Å². The van der Waals surface area contributed by atoms with Crippen LogP contribution in [0.4, 0.5) is 0 Å². The fraction of sp³-hybridized carbons (Fsp3) is 0.250. The van der Waals surface area contributed by atoms with E-state index in [1.165, 1.54) is 0 Å². The minimum Gasteiger partial charge on any atom is -0.494 e. The van der Waals surface area contributed by atoms with Gasteiger partial charge in [0.05, 0.1) is 12.0 Å². The molecule has 2 aromatic rings. The Bertz CT molecular complexity index is 613. The molecule has 0 saturated carbocycles. The molecule has 1 atom stereocenters. The van der Waals surface area contributed by atoms with E-state index in [1.54, 1.807) is 0 Å². The van der Waals surface area contributed by atoms with E-state index in [2.05, 4.69) is 15.9 Å². The summed E-state index contributed by atoms with van der Waals surface area (Å²) in [6.45, 7) is 4.57. The SMILES string of the molecule is CCOc1ccc(C(Cl)c2cccc(C)c2Cl)c(Br)c1.